The van der Waals surface area contributed by atoms with Gasteiger partial charge in [0.1, 0.15) is 17.0 Å². The lowest BCUT2D eigenvalue weighted by Crippen LogP contribution is -2.43. The highest BCUT2D eigenvalue weighted by Crippen LogP contribution is 2.27. The number of Topliss-reactive ketones (excluding diaryl/α,β-unsaturated/α-hetero) is 1. The molecule has 0 fully saturated rings. The van der Waals surface area contributed by atoms with Gasteiger partial charge in [0.2, 0.25) is 5.13 Å². The van der Waals surface area contributed by atoms with Crippen LogP contribution in [0.5, 0.6) is 0 Å². The Balaban J connectivity index is 3.13. The van der Waals surface area contributed by atoms with Crippen molar-refractivity contribution in [3.63, 3.8) is 0 Å². The first-order chi connectivity index (χ1) is 10.8. The Morgan fingerprint density at radius 2 is 1.50 bits per heavy atom. The van der Waals surface area contributed by atoms with Crippen LogP contribution >= 0.6 is 11.3 Å². The highest BCUT2D eigenvalue weighted by atomic mass is 32.1. The molecular formula is C16H24N2O5S. The minimum absolute atomic E-state index is 0.0358. The van der Waals surface area contributed by atoms with E-state index in [1.54, 1.807) is 41.5 Å². The summed E-state index contributed by atoms with van der Waals surface area (Å²) in [4.78, 5) is 41.5. The van der Waals surface area contributed by atoms with Gasteiger partial charge < -0.3 is 9.47 Å². The van der Waals surface area contributed by atoms with Gasteiger partial charge in [0.05, 0.1) is 0 Å². The molecule has 0 aliphatic carbocycles. The minimum atomic E-state index is -0.875. The van der Waals surface area contributed by atoms with Crippen LogP contribution < -0.4 is 4.90 Å². The predicted molar refractivity (Wildman–Crippen MR) is 91.4 cm³/mol. The molecular weight excluding hydrogens is 332 g/mol. The molecule has 0 radical (unpaired) electrons. The minimum Gasteiger partial charge on any atom is -0.443 e. The number of anilines is 1. The van der Waals surface area contributed by atoms with Gasteiger partial charge in [-0.1, -0.05) is 0 Å². The second kappa shape index (κ2) is 7.29. The summed E-state index contributed by atoms with van der Waals surface area (Å²) in [6, 6.07) is 0. The zero-order valence-corrected chi connectivity index (χ0v) is 15.9. The molecule has 0 aliphatic rings. The van der Waals surface area contributed by atoms with Gasteiger partial charge in [-0.25, -0.2) is 14.6 Å². The first kappa shape index (κ1) is 20.1. The molecule has 0 unspecified atom stereocenters. The third kappa shape index (κ3) is 6.66. The van der Waals surface area contributed by atoms with E-state index in [9.17, 15) is 14.4 Å². The second-order valence-electron chi connectivity index (χ2n) is 7.28. The zero-order valence-electron chi connectivity index (χ0n) is 15.1. The highest BCUT2D eigenvalue weighted by Gasteiger charge is 2.34. The average molecular weight is 356 g/mol. The van der Waals surface area contributed by atoms with Crippen LogP contribution in [0.1, 0.15) is 53.3 Å². The van der Waals surface area contributed by atoms with Crippen molar-refractivity contribution in [3.8, 4) is 0 Å². The number of hydrogen-bond acceptors (Lipinski definition) is 7. The Kier molecular flexibility index (Phi) is 6.10. The molecule has 0 spiro atoms. The predicted octanol–water partition coefficient (Wildman–Crippen LogP) is 3.95. The van der Waals surface area contributed by atoms with Crippen LogP contribution in [0, 0.1) is 0 Å². The van der Waals surface area contributed by atoms with Gasteiger partial charge in [-0.15, -0.1) is 11.3 Å². The Morgan fingerprint density at radius 3 is 1.88 bits per heavy atom. The lowest BCUT2D eigenvalue weighted by molar-refractivity contribution is -0.116. The second-order valence-corrected chi connectivity index (χ2v) is 8.38. The van der Waals surface area contributed by atoms with Crippen molar-refractivity contribution in [2.75, 3.05) is 4.90 Å². The van der Waals surface area contributed by atoms with Crippen molar-refractivity contribution >= 4 is 34.4 Å². The van der Waals surface area contributed by atoms with E-state index in [4.69, 9.17) is 9.47 Å². The number of aromatic nitrogens is 1. The number of thiazole rings is 1. The Hall–Kier alpha value is -1.96. The van der Waals surface area contributed by atoms with E-state index in [1.165, 1.54) is 13.1 Å². The first-order valence-electron chi connectivity index (χ1n) is 7.49. The van der Waals surface area contributed by atoms with Crippen molar-refractivity contribution in [3.05, 3.63) is 11.1 Å². The van der Waals surface area contributed by atoms with E-state index in [1.807, 2.05) is 0 Å². The van der Waals surface area contributed by atoms with E-state index in [0.29, 0.717) is 4.88 Å². The number of carbonyl (C=O) groups excluding carboxylic acids is 3. The molecule has 0 bridgehead atoms. The molecule has 0 N–H and O–H groups in total. The van der Waals surface area contributed by atoms with Crippen LogP contribution in [0.2, 0.25) is 0 Å². The largest absolute Gasteiger partial charge is 0.443 e. The summed E-state index contributed by atoms with van der Waals surface area (Å²) >= 11 is 1.07. The molecule has 0 saturated carbocycles. The van der Waals surface area contributed by atoms with E-state index in [-0.39, 0.29) is 17.3 Å². The standard InChI is InChI=1S/C16H24N2O5S/c1-10(19)8-11-9-17-12(24-11)18(13(20)22-15(2,3)4)14(21)23-16(5,6)7/h9H,8H2,1-7H3. The van der Waals surface area contributed by atoms with Crippen LogP contribution in [0.25, 0.3) is 0 Å². The molecule has 1 heterocycles. The van der Waals surface area contributed by atoms with Gasteiger partial charge in [0, 0.05) is 17.5 Å². The van der Waals surface area contributed by atoms with Gasteiger partial charge in [0.25, 0.3) is 0 Å². The lowest BCUT2D eigenvalue weighted by Gasteiger charge is -2.27. The molecule has 1 rings (SSSR count). The summed E-state index contributed by atoms with van der Waals surface area (Å²) in [7, 11) is 0. The number of ketones is 1. The van der Waals surface area contributed by atoms with Crippen LogP contribution in [0.4, 0.5) is 14.7 Å². The molecule has 8 heteroatoms. The Morgan fingerprint density at radius 1 is 1.04 bits per heavy atom. The molecule has 0 saturated heterocycles. The number of carbonyl (C=O) groups is 3. The Bertz CT molecular complexity index is 597. The van der Waals surface area contributed by atoms with Crippen LogP contribution in [0.15, 0.2) is 6.20 Å². The van der Waals surface area contributed by atoms with E-state index < -0.39 is 23.4 Å². The van der Waals surface area contributed by atoms with Crippen LogP contribution in [-0.4, -0.2) is 34.2 Å². The molecule has 0 atom stereocenters. The number of ether oxygens (including phenoxy) is 2. The van der Waals surface area contributed by atoms with Crippen molar-refractivity contribution in [2.45, 2.75) is 66.1 Å². The zero-order chi connectivity index (χ0) is 18.7. The maximum atomic E-state index is 12.4. The number of hydrogen-bond donors (Lipinski definition) is 0. The SMILES string of the molecule is CC(=O)Cc1cnc(N(C(=O)OC(C)(C)C)C(=O)OC(C)(C)C)s1. The average Bonchev–Trinajstić information content (AvgIpc) is 2.70. The molecule has 0 aliphatic heterocycles. The summed E-state index contributed by atoms with van der Waals surface area (Å²) in [6.45, 7) is 11.6. The highest BCUT2D eigenvalue weighted by molar-refractivity contribution is 7.16. The van der Waals surface area contributed by atoms with Crippen molar-refractivity contribution in [1.29, 1.82) is 0 Å². The number of amides is 2. The van der Waals surface area contributed by atoms with Crippen molar-refractivity contribution in [2.24, 2.45) is 0 Å². The van der Waals surface area contributed by atoms with E-state index in [0.717, 1.165) is 16.2 Å². The smallest absolute Gasteiger partial charge is 0.426 e. The van der Waals surface area contributed by atoms with Crippen LogP contribution in [-0.2, 0) is 20.7 Å². The lowest BCUT2D eigenvalue weighted by atomic mass is 10.2. The summed E-state index contributed by atoms with van der Waals surface area (Å²) in [5, 5.41) is 0.106. The van der Waals surface area contributed by atoms with Gasteiger partial charge in [-0.3, -0.25) is 4.79 Å². The quantitative estimate of drug-likeness (QED) is 0.815. The molecule has 1 aromatic heterocycles. The van der Waals surface area contributed by atoms with Crippen molar-refractivity contribution < 1.29 is 23.9 Å². The monoisotopic (exact) mass is 356 g/mol. The molecule has 134 valence electrons. The summed E-state index contributed by atoms with van der Waals surface area (Å²) in [6.07, 6.45) is -0.0990. The summed E-state index contributed by atoms with van der Waals surface area (Å²) in [5.74, 6) is -0.0358. The van der Waals surface area contributed by atoms with Gasteiger partial charge >= 0.3 is 12.2 Å². The third-order valence-corrected chi connectivity index (χ3v) is 3.29. The van der Waals surface area contributed by atoms with E-state index >= 15 is 0 Å². The fourth-order valence-corrected chi connectivity index (χ4v) is 2.53. The van der Waals surface area contributed by atoms with E-state index in [2.05, 4.69) is 4.98 Å². The maximum absolute atomic E-state index is 12.4. The topological polar surface area (TPSA) is 85.8 Å². The number of nitrogens with zero attached hydrogens (tertiary/aromatic N) is 2. The number of rotatable bonds is 3. The van der Waals surface area contributed by atoms with Gasteiger partial charge in [-0.05, 0) is 48.5 Å². The van der Waals surface area contributed by atoms with Crippen LogP contribution in [0.3, 0.4) is 0 Å². The molecule has 0 aromatic carbocycles. The van der Waals surface area contributed by atoms with Gasteiger partial charge in [0.15, 0.2) is 0 Å². The molecule has 24 heavy (non-hydrogen) atoms. The molecule has 2 amide bonds. The Labute approximate surface area is 146 Å². The van der Waals surface area contributed by atoms with Gasteiger partial charge in [-0.2, -0.15) is 4.90 Å². The molecule has 7 nitrogen and oxygen atoms in total. The maximum Gasteiger partial charge on any atom is 0.426 e. The summed E-state index contributed by atoms with van der Waals surface area (Å²) in [5.41, 5.74) is -1.56. The normalized spacial score (nSPS) is 11.8. The third-order valence-electron chi connectivity index (χ3n) is 2.31. The first-order valence-corrected chi connectivity index (χ1v) is 8.30. The molecule has 1 aromatic rings. The summed E-state index contributed by atoms with van der Waals surface area (Å²) < 4.78 is 10.5. The van der Waals surface area contributed by atoms with Crippen molar-refractivity contribution in [1.82, 2.24) is 4.98 Å². The fourth-order valence-electron chi connectivity index (χ4n) is 1.57. The fraction of sp³-hybridized carbons (Fsp3) is 0.625. The number of imide groups is 1.